The molecule has 1 amide bonds. The van der Waals surface area contributed by atoms with Gasteiger partial charge in [0.15, 0.2) is 5.82 Å². The van der Waals surface area contributed by atoms with Crippen LogP contribution in [0.5, 0.6) is 5.75 Å². The Morgan fingerprint density at radius 2 is 1.96 bits per heavy atom. The van der Waals surface area contributed by atoms with Crippen LogP contribution >= 0.6 is 0 Å². The highest BCUT2D eigenvalue weighted by Gasteiger charge is 2.54. The molecule has 2 aromatic heterocycles. The van der Waals surface area contributed by atoms with Gasteiger partial charge in [0.2, 0.25) is 11.9 Å². The molecule has 2 fully saturated rings. The van der Waals surface area contributed by atoms with Crippen LogP contribution in [0.15, 0.2) is 43.1 Å². The van der Waals surface area contributed by atoms with Crippen LogP contribution in [0.1, 0.15) is 61.3 Å². The Hall–Kier alpha value is -4.71. The standard InChI is InChI=1S/C35H44N8O4/c1-8-30(44)38-25-16-26(29(46-7)17-28(25)42-15-9-10-23(42)19-41(5)6)39-34-36-18-24(33(45)47-21(2)3)32(40-34)43-20-35(13-14-35)31-27(43)12-11-22(4)37-31/h8,11-12,16-18,21,23H,1,9-10,13-15,19-20H2,2-7H3,(H,38,44)(H,36,39,40)/t23-/m0/s1. The number of nitrogens with zero attached hydrogens (tertiary/aromatic N) is 6. The van der Waals surface area contributed by atoms with Crippen molar-refractivity contribution in [1.82, 2.24) is 19.9 Å². The second-order valence-electron chi connectivity index (χ2n) is 13.2. The van der Waals surface area contributed by atoms with Gasteiger partial charge in [-0.3, -0.25) is 9.78 Å². The third-order valence-corrected chi connectivity index (χ3v) is 8.98. The normalized spacial score (nSPS) is 17.7. The number of likely N-dealkylation sites (N-methyl/N-ethyl adjacent to an activating group) is 1. The molecule has 12 nitrogen and oxygen atoms in total. The van der Waals surface area contributed by atoms with Gasteiger partial charge in [0.05, 0.1) is 41.7 Å². The van der Waals surface area contributed by atoms with E-state index in [9.17, 15) is 9.59 Å². The molecule has 6 rings (SSSR count). The van der Waals surface area contributed by atoms with E-state index in [4.69, 9.17) is 19.4 Å². The SMILES string of the molecule is C=CC(=O)Nc1cc(Nc2ncc(C(=O)OC(C)C)c(N3CC4(CC4)c4nc(C)ccc43)n2)c(OC)cc1N1CCC[C@H]1CN(C)C. The molecule has 3 aliphatic rings. The Kier molecular flexibility index (Phi) is 8.80. The largest absolute Gasteiger partial charge is 0.494 e. The van der Waals surface area contributed by atoms with E-state index in [1.54, 1.807) is 7.11 Å². The topological polar surface area (TPSA) is 125 Å². The van der Waals surface area contributed by atoms with E-state index in [1.165, 1.54) is 12.3 Å². The summed E-state index contributed by atoms with van der Waals surface area (Å²) >= 11 is 0. The maximum absolute atomic E-state index is 13.3. The van der Waals surface area contributed by atoms with Crippen molar-refractivity contribution in [3.63, 3.8) is 0 Å². The monoisotopic (exact) mass is 640 g/mol. The Balaban J connectivity index is 1.41. The number of amides is 1. The van der Waals surface area contributed by atoms with Crippen LogP contribution in [0.2, 0.25) is 0 Å². The molecule has 1 aliphatic carbocycles. The molecule has 1 spiro atoms. The van der Waals surface area contributed by atoms with Gasteiger partial charge >= 0.3 is 5.97 Å². The predicted octanol–water partition coefficient (Wildman–Crippen LogP) is 5.34. The number of rotatable bonds is 11. The van der Waals surface area contributed by atoms with Crippen molar-refractivity contribution in [3.8, 4) is 5.75 Å². The highest BCUT2D eigenvalue weighted by molar-refractivity contribution is 6.02. The minimum Gasteiger partial charge on any atom is -0.494 e. The smallest absolute Gasteiger partial charge is 0.343 e. The molecule has 4 heterocycles. The van der Waals surface area contributed by atoms with Gasteiger partial charge in [-0.1, -0.05) is 6.58 Å². The molecule has 248 valence electrons. The van der Waals surface area contributed by atoms with Crippen molar-refractivity contribution < 1.29 is 19.1 Å². The van der Waals surface area contributed by atoms with Crippen LogP contribution in [0, 0.1) is 6.92 Å². The summed E-state index contributed by atoms with van der Waals surface area (Å²) in [6, 6.07) is 8.09. The summed E-state index contributed by atoms with van der Waals surface area (Å²) in [5.41, 5.74) is 5.21. The molecule has 0 bridgehead atoms. The predicted molar refractivity (Wildman–Crippen MR) is 184 cm³/mol. The van der Waals surface area contributed by atoms with Crippen molar-refractivity contribution in [2.75, 3.05) is 61.3 Å². The lowest BCUT2D eigenvalue weighted by Crippen LogP contribution is -2.38. The van der Waals surface area contributed by atoms with Crippen LogP contribution in [0.4, 0.5) is 34.5 Å². The first-order valence-electron chi connectivity index (χ1n) is 16.2. The van der Waals surface area contributed by atoms with Crippen LogP contribution in [0.25, 0.3) is 0 Å². The van der Waals surface area contributed by atoms with Gasteiger partial charge in [-0.2, -0.15) is 4.98 Å². The fraction of sp³-hybridized carbons (Fsp3) is 0.457. The van der Waals surface area contributed by atoms with E-state index >= 15 is 0 Å². The van der Waals surface area contributed by atoms with Gasteiger partial charge in [-0.25, -0.2) is 9.78 Å². The van der Waals surface area contributed by atoms with Gasteiger partial charge in [0.25, 0.3) is 0 Å². The van der Waals surface area contributed by atoms with Gasteiger partial charge in [0, 0.05) is 49.0 Å². The minimum absolute atomic E-state index is 0.0452. The van der Waals surface area contributed by atoms with Crippen LogP contribution in [-0.2, 0) is 14.9 Å². The van der Waals surface area contributed by atoms with Crippen molar-refractivity contribution >= 4 is 46.4 Å². The first-order chi connectivity index (χ1) is 22.5. The Morgan fingerprint density at radius 1 is 1.17 bits per heavy atom. The summed E-state index contributed by atoms with van der Waals surface area (Å²) in [6.45, 7) is 11.7. The zero-order valence-electron chi connectivity index (χ0n) is 28.1. The van der Waals surface area contributed by atoms with Gasteiger partial charge in [0.1, 0.15) is 11.3 Å². The lowest BCUT2D eigenvalue weighted by atomic mass is 10.0. The van der Waals surface area contributed by atoms with Crippen molar-refractivity contribution in [2.24, 2.45) is 0 Å². The van der Waals surface area contributed by atoms with Crippen LogP contribution < -0.4 is 25.2 Å². The van der Waals surface area contributed by atoms with E-state index in [2.05, 4.69) is 57.1 Å². The molecular weight excluding hydrogens is 596 g/mol. The van der Waals surface area contributed by atoms with E-state index < -0.39 is 5.97 Å². The fourth-order valence-electron chi connectivity index (χ4n) is 6.66. The van der Waals surface area contributed by atoms with E-state index in [0.717, 1.165) is 61.5 Å². The number of aryl methyl sites for hydroxylation is 1. The maximum Gasteiger partial charge on any atom is 0.343 e. The number of carbonyl (C=O) groups excluding carboxylic acids is 2. The number of aromatic nitrogens is 3. The van der Waals surface area contributed by atoms with Gasteiger partial charge in [-0.15, -0.1) is 0 Å². The zero-order valence-corrected chi connectivity index (χ0v) is 28.1. The number of hydrogen-bond donors (Lipinski definition) is 2. The molecule has 1 atom stereocenters. The molecule has 12 heteroatoms. The average molecular weight is 641 g/mol. The van der Waals surface area contributed by atoms with Crippen molar-refractivity contribution in [3.05, 3.63) is 60.1 Å². The number of benzene rings is 1. The quantitative estimate of drug-likeness (QED) is 0.209. The number of fused-ring (bicyclic) bond motifs is 2. The molecular formula is C35H44N8O4. The molecule has 1 aromatic carbocycles. The third kappa shape index (κ3) is 6.47. The van der Waals surface area contributed by atoms with Crippen molar-refractivity contribution in [1.29, 1.82) is 0 Å². The van der Waals surface area contributed by atoms with E-state index in [1.807, 2.05) is 39.0 Å². The molecule has 1 saturated heterocycles. The Morgan fingerprint density at radius 3 is 2.64 bits per heavy atom. The summed E-state index contributed by atoms with van der Waals surface area (Å²) in [7, 11) is 5.74. The van der Waals surface area contributed by atoms with E-state index in [-0.39, 0.29) is 35.0 Å². The minimum atomic E-state index is -0.492. The number of hydrogen-bond acceptors (Lipinski definition) is 11. The van der Waals surface area contributed by atoms with Crippen LogP contribution in [0.3, 0.4) is 0 Å². The maximum atomic E-state index is 13.3. The number of anilines is 6. The second kappa shape index (κ2) is 12.8. The van der Waals surface area contributed by atoms with Gasteiger partial charge in [-0.05, 0) is 84.8 Å². The second-order valence-corrected chi connectivity index (χ2v) is 13.2. The molecule has 2 N–H and O–H groups in total. The molecule has 0 radical (unpaired) electrons. The summed E-state index contributed by atoms with van der Waals surface area (Å²) in [5, 5.41) is 6.30. The summed E-state index contributed by atoms with van der Waals surface area (Å²) in [4.78, 5) is 46.9. The molecule has 2 aliphatic heterocycles. The summed E-state index contributed by atoms with van der Waals surface area (Å²) < 4.78 is 11.5. The average Bonchev–Trinajstić information content (AvgIpc) is 3.56. The highest BCUT2D eigenvalue weighted by atomic mass is 16.5. The molecule has 1 saturated carbocycles. The summed E-state index contributed by atoms with van der Waals surface area (Å²) in [6.07, 6.45) is 6.61. The number of pyridine rings is 1. The lowest BCUT2D eigenvalue weighted by Gasteiger charge is -2.31. The first-order valence-corrected chi connectivity index (χ1v) is 16.2. The zero-order chi connectivity index (χ0) is 33.5. The number of esters is 1. The van der Waals surface area contributed by atoms with Crippen LogP contribution in [-0.4, -0.2) is 84.7 Å². The van der Waals surface area contributed by atoms with E-state index in [0.29, 0.717) is 29.5 Å². The first kappa shape index (κ1) is 32.2. The third-order valence-electron chi connectivity index (χ3n) is 8.98. The molecule has 0 unspecified atom stereocenters. The summed E-state index contributed by atoms with van der Waals surface area (Å²) in [5.74, 6) is 0.460. The number of carbonyl (C=O) groups is 2. The Labute approximate surface area is 276 Å². The fourth-order valence-corrected chi connectivity index (χ4v) is 6.66. The highest BCUT2D eigenvalue weighted by Crippen LogP contribution is 2.57. The van der Waals surface area contributed by atoms with Crippen molar-refractivity contribution in [2.45, 2.75) is 64.0 Å². The number of nitrogens with one attached hydrogen (secondary N) is 2. The molecule has 47 heavy (non-hydrogen) atoms. The number of ether oxygens (including phenoxy) is 2. The number of methoxy groups -OCH3 is 1. The Bertz CT molecular complexity index is 1700. The lowest BCUT2D eigenvalue weighted by molar-refractivity contribution is -0.111. The van der Waals surface area contributed by atoms with Gasteiger partial charge < -0.3 is 34.8 Å². The molecule has 3 aromatic rings.